The standard InChI is InChI=1S/C12H23N5O3S/c1-4-16(21(3,19)20)8-6-7-14-12(18)11-10(13)9-15-17(11)5-2/h9H,4-8,13H2,1-3H3,(H,14,18). The molecule has 1 heterocycles. The number of anilines is 1. The second kappa shape index (κ2) is 7.41. The summed E-state index contributed by atoms with van der Waals surface area (Å²) >= 11 is 0. The van der Waals surface area contributed by atoms with E-state index >= 15 is 0 Å². The van der Waals surface area contributed by atoms with Gasteiger partial charge in [0.25, 0.3) is 5.91 Å². The number of amides is 1. The molecule has 0 atom stereocenters. The number of nitrogens with one attached hydrogen (secondary N) is 1. The summed E-state index contributed by atoms with van der Waals surface area (Å²) in [5.41, 5.74) is 6.39. The monoisotopic (exact) mass is 317 g/mol. The number of carbonyl (C=O) groups excluding carboxylic acids is 1. The highest BCUT2D eigenvalue weighted by molar-refractivity contribution is 7.88. The topological polar surface area (TPSA) is 110 Å². The molecule has 0 aliphatic carbocycles. The molecular weight excluding hydrogens is 294 g/mol. The molecule has 8 nitrogen and oxygen atoms in total. The summed E-state index contributed by atoms with van der Waals surface area (Å²) in [6.45, 7) is 5.37. The summed E-state index contributed by atoms with van der Waals surface area (Å²) in [6, 6.07) is 0. The summed E-state index contributed by atoms with van der Waals surface area (Å²) in [5, 5.41) is 6.73. The first-order valence-electron chi connectivity index (χ1n) is 6.85. The van der Waals surface area contributed by atoms with Gasteiger partial charge in [-0.2, -0.15) is 5.10 Å². The molecule has 0 fully saturated rings. The Bertz CT molecular complexity index is 582. The molecule has 0 aliphatic heterocycles. The molecule has 1 amide bonds. The molecule has 1 aromatic heterocycles. The third kappa shape index (κ3) is 4.71. The Kier molecular flexibility index (Phi) is 6.16. The molecule has 1 aromatic rings. The van der Waals surface area contributed by atoms with Crippen LogP contribution in [0.1, 0.15) is 30.8 Å². The Hall–Kier alpha value is -1.61. The van der Waals surface area contributed by atoms with E-state index in [1.807, 2.05) is 6.92 Å². The zero-order valence-electron chi connectivity index (χ0n) is 12.7. The van der Waals surface area contributed by atoms with Crippen molar-refractivity contribution in [1.82, 2.24) is 19.4 Å². The van der Waals surface area contributed by atoms with E-state index in [9.17, 15) is 13.2 Å². The van der Waals surface area contributed by atoms with Crippen molar-refractivity contribution < 1.29 is 13.2 Å². The van der Waals surface area contributed by atoms with Crippen molar-refractivity contribution in [3.63, 3.8) is 0 Å². The summed E-state index contributed by atoms with van der Waals surface area (Å²) in [4.78, 5) is 12.0. The number of aromatic nitrogens is 2. The van der Waals surface area contributed by atoms with E-state index in [4.69, 9.17) is 5.73 Å². The predicted molar refractivity (Wildman–Crippen MR) is 81.4 cm³/mol. The van der Waals surface area contributed by atoms with E-state index in [0.29, 0.717) is 44.0 Å². The normalized spacial score (nSPS) is 11.8. The fraction of sp³-hybridized carbons (Fsp3) is 0.667. The first kappa shape index (κ1) is 17.4. The molecule has 0 saturated heterocycles. The van der Waals surface area contributed by atoms with E-state index in [1.165, 1.54) is 21.4 Å². The smallest absolute Gasteiger partial charge is 0.271 e. The van der Waals surface area contributed by atoms with Gasteiger partial charge in [0.2, 0.25) is 10.0 Å². The van der Waals surface area contributed by atoms with Gasteiger partial charge < -0.3 is 11.1 Å². The number of carbonyl (C=O) groups is 1. The van der Waals surface area contributed by atoms with Gasteiger partial charge in [-0.3, -0.25) is 9.48 Å². The van der Waals surface area contributed by atoms with Gasteiger partial charge in [-0.15, -0.1) is 0 Å². The van der Waals surface area contributed by atoms with Crippen molar-refractivity contribution in [1.29, 1.82) is 0 Å². The van der Waals surface area contributed by atoms with E-state index in [2.05, 4.69) is 10.4 Å². The van der Waals surface area contributed by atoms with Crippen LogP contribution < -0.4 is 11.1 Å². The Morgan fingerprint density at radius 2 is 2.14 bits per heavy atom. The molecule has 0 aliphatic rings. The van der Waals surface area contributed by atoms with Crippen molar-refractivity contribution in [3.8, 4) is 0 Å². The quantitative estimate of drug-likeness (QED) is 0.650. The molecular formula is C12H23N5O3S. The van der Waals surface area contributed by atoms with Crippen LogP contribution in [0.2, 0.25) is 0 Å². The van der Waals surface area contributed by atoms with Gasteiger partial charge in [-0.1, -0.05) is 6.92 Å². The molecule has 0 saturated carbocycles. The highest BCUT2D eigenvalue weighted by atomic mass is 32.2. The largest absolute Gasteiger partial charge is 0.396 e. The van der Waals surface area contributed by atoms with Crippen molar-refractivity contribution >= 4 is 21.6 Å². The number of hydrogen-bond donors (Lipinski definition) is 2. The molecule has 0 radical (unpaired) electrons. The van der Waals surface area contributed by atoms with Crippen LogP contribution in [-0.2, 0) is 16.6 Å². The van der Waals surface area contributed by atoms with Crippen molar-refractivity contribution in [2.24, 2.45) is 0 Å². The predicted octanol–water partition coefficient (Wildman–Crippen LogP) is -0.113. The molecule has 0 aromatic carbocycles. The third-order valence-electron chi connectivity index (χ3n) is 3.07. The zero-order chi connectivity index (χ0) is 16.0. The molecule has 3 N–H and O–H groups in total. The Balaban J connectivity index is 2.49. The Morgan fingerprint density at radius 3 is 2.67 bits per heavy atom. The molecule has 1 rings (SSSR count). The maximum atomic E-state index is 12.0. The number of rotatable bonds is 8. The fourth-order valence-corrected chi connectivity index (χ4v) is 2.92. The second-order valence-electron chi connectivity index (χ2n) is 4.63. The van der Waals surface area contributed by atoms with Crippen molar-refractivity contribution in [2.75, 3.05) is 31.6 Å². The molecule has 9 heteroatoms. The van der Waals surface area contributed by atoms with E-state index in [1.54, 1.807) is 6.92 Å². The lowest BCUT2D eigenvalue weighted by atomic mass is 10.3. The molecule has 0 bridgehead atoms. The number of sulfonamides is 1. The average Bonchev–Trinajstić information content (AvgIpc) is 2.78. The van der Waals surface area contributed by atoms with Gasteiger partial charge in [0.05, 0.1) is 18.1 Å². The van der Waals surface area contributed by atoms with Gasteiger partial charge in [0.1, 0.15) is 5.69 Å². The lowest BCUT2D eigenvalue weighted by Gasteiger charge is -2.17. The van der Waals surface area contributed by atoms with E-state index in [-0.39, 0.29) is 5.91 Å². The number of aryl methyl sites for hydroxylation is 1. The van der Waals surface area contributed by atoms with Gasteiger partial charge in [-0.25, -0.2) is 12.7 Å². The average molecular weight is 317 g/mol. The first-order chi connectivity index (χ1) is 9.81. The summed E-state index contributed by atoms with van der Waals surface area (Å²) in [7, 11) is -3.19. The van der Waals surface area contributed by atoms with Crippen molar-refractivity contribution in [3.05, 3.63) is 11.9 Å². The maximum Gasteiger partial charge on any atom is 0.271 e. The fourth-order valence-electron chi connectivity index (χ4n) is 1.99. The number of nitrogens with zero attached hydrogens (tertiary/aromatic N) is 3. The lowest BCUT2D eigenvalue weighted by molar-refractivity contribution is 0.0943. The van der Waals surface area contributed by atoms with Crippen molar-refractivity contribution in [2.45, 2.75) is 26.8 Å². The second-order valence-corrected chi connectivity index (χ2v) is 6.61. The zero-order valence-corrected chi connectivity index (χ0v) is 13.5. The van der Waals surface area contributed by atoms with Crippen LogP contribution >= 0.6 is 0 Å². The highest BCUT2D eigenvalue weighted by Gasteiger charge is 2.16. The minimum Gasteiger partial charge on any atom is -0.396 e. The minimum atomic E-state index is -3.19. The SMILES string of the molecule is CCN(CCCNC(=O)c1c(N)cnn1CC)S(C)(=O)=O. The van der Waals surface area contributed by atoms with Crippen LogP contribution in [0.4, 0.5) is 5.69 Å². The van der Waals surface area contributed by atoms with Crippen LogP contribution in [0, 0.1) is 0 Å². The van der Waals surface area contributed by atoms with Crippen LogP contribution in [0.15, 0.2) is 6.20 Å². The van der Waals surface area contributed by atoms with Crippen LogP contribution in [-0.4, -0.2) is 54.3 Å². The number of nitrogen functional groups attached to an aromatic ring is 1. The molecule has 21 heavy (non-hydrogen) atoms. The first-order valence-corrected chi connectivity index (χ1v) is 8.70. The van der Waals surface area contributed by atoms with Gasteiger partial charge in [-0.05, 0) is 13.3 Å². The molecule has 0 spiro atoms. The minimum absolute atomic E-state index is 0.297. The highest BCUT2D eigenvalue weighted by Crippen LogP contribution is 2.10. The van der Waals surface area contributed by atoms with Crippen LogP contribution in [0.3, 0.4) is 0 Å². The molecule has 120 valence electrons. The lowest BCUT2D eigenvalue weighted by Crippen LogP contribution is -2.34. The van der Waals surface area contributed by atoms with E-state index < -0.39 is 10.0 Å². The van der Waals surface area contributed by atoms with E-state index in [0.717, 1.165) is 0 Å². The van der Waals surface area contributed by atoms with Crippen LogP contribution in [0.5, 0.6) is 0 Å². The number of hydrogen-bond acceptors (Lipinski definition) is 5. The van der Waals surface area contributed by atoms with Gasteiger partial charge in [0, 0.05) is 26.2 Å². The summed E-state index contributed by atoms with van der Waals surface area (Å²) in [6.07, 6.45) is 3.16. The number of nitrogens with two attached hydrogens (primary N) is 1. The van der Waals surface area contributed by atoms with Crippen LogP contribution in [0.25, 0.3) is 0 Å². The van der Waals surface area contributed by atoms with Gasteiger partial charge in [0.15, 0.2) is 0 Å². The summed E-state index contributed by atoms with van der Waals surface area (Å²) in [5.74, 6) is -0.297. The Morgan fingerprint density at radius 1 is 1.48 bits per heavy atom. The Labute approximate surface area is 125 Å². The molecule has 0 unspecified atom stereocenters. The van der Waals surface area contributed by atoms with Gasteiger partial charge >= 0.3 is 0 Å². The third-order valence-corrected chi connectivity index (χ3v) is 4.45. The maximum absolute atomic E-state index is 12.0. The summed E-state index contributed by atoms with van der Waals surface area (Å²) < 4.78 is 25.7.